The van der Waals surface area contributed by atoms with Gasteiger partial charge in [0.1, 0.15) is 18.2 Å². The zero-order valence-corrected chi connectivity index (χ0v) is 19.2. The number of ether oxygens (including phenoxy) is 3. The molecule has 2 aromatic heterocycles. The van der Waals surface area contributed by atoms with Crippen molar-refractivity contribution < 1.29 is 31.8 Å². The first-order valence-corrected chi connectivity index (χ1v) is 10.1. The van der Waals surface area contributed by atoms with Gasteiger partial charge in [0.2, 0.25) is 5.88 Å². The first-order valence-electron chi connectivity index (χ1n) is 9.27. The average molecular weight is 511 g/mol. The van der Waals surface area contributed by atoms with E-state index in [1.807, 2.05) is 0 Å². The van der Waals surface area contributed by atoms with Crippen LogP contribution < -0.4 is 20.6 Å². The quantitative estimate of drug-likeness (QED) is 0.286. The highest BCUT2D eigenvalue weighted by Gasteiger charge is 2.35. The van der Waals surface area contributed by atoms with Crippen molar-refractivity contribution in [1.29, 1.82) is 0 Å². The van der Waals surface area contributed by atoms with E-state index < -0.39 is 33.8 Å². The molecule has 14 heteroatoms. The second-order valence-electron chi connectivity index (χ2n) is 6.64. The maximum Gasteiger partial charge on any atom is 0.431 e. The van der Waals surface area contributed by atoms with Crippen molar-refractivity contribution in [3.63, 3.8) is 0 Å². The number of benzene rings is 1. The van der Waals surface area contributed by atoms with Crippen molar-refractivity contribution in [1.82, 2.24) is 14.1 Å². The van der Waals surface area contributed by atoms with Gasteiger partial charge in [-0.3, -0.25) is 4.57 Å². The van der Waals surface area contributed by atoms with Gasteiger partial charge >= 0.3 is 11.9 Å². The zero-order valence-electron chi connectivity index (χ0n) is 17.6. The molecule has 7 nitrogen and oxygen atoms in total. The minimum absolute atomic E-state index is 0.0689. The molecule has 0 fully saturated rings. The first kappa shape index (κ1) is 25.4. The fourth-order valence-electron chi connectivity index (χ4n) is 2.76. The Morgan fingerprint density at radius 3 is 2.47 bits per heavy atom. The van der Waals surface area contributed by atoms with E-state index in [1.54, 1.807) is 18.2 Å². The van der Waals surface area contributed by atoms with Gasteiger partial charge in [0.05, 0.1) is 7.11 Å². The fraction of sp³-hybridized carbons (Fsp3) is 0.200. The molecule has 0 aliphatic carbocycles. The number of para-hydroxylation sites is 2. The number of hydrogen-bond acceptors (Lipinski definition) is 7. The lowest BCUT2D eigenvalue weighted by atomic mass is 9.97. The topological polar surface area (TPSA) is 67.5 Å². The third kappa shape index (κ3) is 5.28. The lowest BCUT2D eigenvalue weighted by Crippen LogP contribution is -2.34. The molecule has 0 unspecified atom stereocenters. The van der Waals surface area contributed by atoms with Gasteiger partial charge in [0.15, 0.2) is 34.8 Å². The molecule has 0 aliphatic rings. The van der Waals surface area contributed by atoms with Crippen LogP contribution in [0.4, 0.5) is 17.6 Å². The Morgan fingerprint density at radius 1 is 1.21 bits per heavy atom. The number of thiocarbonyl (C=S) groups is 1. The zero-order chi connectivity index (χ0) is 25.2. The molecular weight excluding hydrogens is 497 g/mol. The minimum atomic E-state index is -4.85. The Balaban J connectivity index is 2.08. The van der Waals surface area contributed by atoms with Crippen LogP contribution in [0.3, 0.4) is 0 Å². The van der Waals surface area contributed by atoms with Crippen molar-refractivity contribution >= 4 is 42.8 Å². The third-order valence-corrected chi connectivity index (χ3v) is 4.99. The summed E-state index contributed by atoms with van der Waals surface area (Å²) in [5.41, 5.74) is -2.82. The van der Waals surface area contributed by atoms with Gasteiger partial charge < -0.3 is 14.2 Å². The molecule has 34 heavy (non-hydrogen) atoms. The van der Waals surface area contributed by atoms with E-state index in [9.17, 15) is 22.4 Å². The molecule has 0 atom stereocenters. The minimum Gasteiger partial charge on any atom is -0.487 e. The maximum atomic E-state index is 14.7. The Labute approximate surface area is 201 Å². The summed E-state index contributed by atoms with van der Waals surface area (Å²) in [4.78, 5) is 16.6. The molecule has 0 N–H and O–H groups in total. The highest BCUT2D eigenvalue weighted by molar-refractivity contribution is 7.80. The van der Waals surface area contributed by atoms with Gasteiger partial charge in [-0.25, -0.2) is 13.8 Å². The van der Waals surface area contributed by atoms with Crippen molar-refractivity contribution in [2.45, 2.75) is 6.18 Å². The van der Waals surface area contributed by atoms with E-state index in [4.69, 9.17) is 46.5 Å². The molecule has 2 radical (unpaired) electrons. The summed E-state index contributed by atoms with van der Waals surface area (Å²) < 4.78 is 70.5. The first-order chi connectivity index (χ1) is 15.9. The Morgan fingerprint density at radius 2 is 1.85 bits per heavy atom. The summed E-state index contributed by atoms with van der Waals surface area (Å²) in [6.45, 7) is -0.0689. The molecule has 3 aromatic rings. The number of hydrogen-bond donors (Lipinski definition) is 0. The number of alkyl halides is 3. The predicted molar refractivity (Wildman–Crippen MR) is 122 cm³/mol. The van der Waals surface area contributed by atoms with Crippen molar-refractivity contribution in [2.24, 2.45) is 7.05 Å². The van der Waals surface area contributed by atoms with Gasteiger partial charge in [-0.1, -0.05) is 24.4 Å². The molecule has 3 rings (SSSR count). The van der Waals surface area contributed by atoms with Crippen molar-refractivity contribution in [3.8, 4) is 23.2 Å². The number of aromatic nitrogens is 3. The maximum absolute atomic E-state index is 14.7. The van der Waals surface area contributed by atoms with E-state index in [2.05, 4.69) is 4.98 Å². The second kappa shape index (κ2) is 9.93. The molecule has 1 aromatic carbocycles. The number of rotatable bonds is 6. The average Bonchev–Trinajstić information content (AvgIpc) is 2.77. The Bertz CT molecular complexity index is 1380. The standard InChI is InChI=1S/C20H14BF4N3O4S2/c1-27-14(20(23,24)25)8-15(33)28(19(27)29)17-11(22)7-10(21)18(26-17)32-13-6-4-3-5-12(13)31-9-16(34)30-2/h3-8H,9H2,1-2H3. The van der Waals surface area contributed by atoms with E-state index in [0.29, 0.717) is 10.6 Å². The van der Waals surface area contributed by atoms with E-state index in [0.717, 1.165) is 13.1 Å². The predicted octanol–water partition coefficient (Wildman–Crippen LogP) is 3.40. The summed E-state index contributed by atoms with van der Waals surface area (Å²) in [5, 5.41) is 0.170. The number of methoxy groups -OCH3 is 1. The van der Waals surface area contributed by atoms with Gasteiger partial charge in [-0.2, -0.15) is 18.2 Å². The highest BCUT2D eigenvalue weighted by atomic mass is 32.1. The Hall–Kier alpha value is -3.26. The molecule has 0 bridgehead atoms. The van der Waals surface area contributed by atoms with Crippen LogP contribution in [0.2, 0.25) is 0 Å². The largest absolute Gasteiger partial charge is 0.487 e. The van der Waals surface area contributed by atoms with Crippen LogP contribution in [0.15, 0.2) is 41.2 Å². The van der Waals surface area contributed by atoms with Crippen LogP contribution in [-0.4, -0.2) is 40.7 Å². The van der Waals surface area contributed by atoms with Crippen LogP contribution in [-0.2, 0) is 18.0 Å². The van der Waals surface area contributed by atoms with Crippen LogP contribution in [0.25, 0.3) is 5.82 Å². The van der Waals surface area contributed by atoms with Gasteiger partial charge in [-0.15, -0.1) is 0 Å². The Kier molecular flexibility index (Phi) is 7.41. The molecule has 176 valence electrons. The molecule has 0 amide bonds. The third-order valence-electron chi connectivity index (χ3n) is 4.40. The fourth-order valence-corrected chi connectivity index (χ4v) is 3.10. The summed E-state index contributed by atoms with van der Waals surface area (Å²) in [5.74, 6) is -1.81. The highest BCUT2D eigenvalue weighted by Crippen LogP contribution is 2.31. The van der Waals surface area contributed by atoms with E-state index in [1.165, 1.54) is 13.2 Å². The lowest BCUT2D eigenvalue weighted by Gasteiger charge is -2.17. The van der Waals surface area contributed by atoms with Crippen LogP contribution in [0.5, 0.6) is 17.4 Å². The molecule has 0 spiro atoms. The monoisotopic (exact) mass is 511 g/mol. The van der Waals surface area contributed by atoms with Crippen molar-refractivity contribution in [2.75, 3.05) is 13.7 Å². The van der Waals surface area contributed by atoms with Crippen LogP contribution in [0.1, 0.15) is 5.69 Å². The molecular formula is C20H14BF4N3O4S2. The summed E-state index contributed by atoms with van der Waals surface area (Å²) in [6, 6.07) is 7.64. The smallest absolute Gasteiger partial charge is 0.431 e. The number of halogens is 4. The normalized spacial score (nSPS) is 11.2. The van der Waals surface area contributed by atoms with E-state index >= 15 is 0 Å². The van der Waals surface area contributed by atoms with Crippen LogP contribution in [0, 0.1) is 10.5 Å². The SMILES string of the molecule is [B]c1cc(F)c(-n2c(=S)cc(C(F)(F)F)n(C)c2=O)nc1Oc1ccccc1OCC(=S)OC. The van der Waals surface area contributed by atoms with Gasteiger partial charge in [-0.05, 0) is 35.9 Å². The van der Waals surface area contributed by atoms with Gasteiger partial charge in [0, 0.05) is 13.1 Å². The molecule has 0 aliphatic heterocycles. The number of nitrogens with zero attached hydrogens (tertiary/aromatic N) is 3. The molecule has 0 saturated heterocycles. The lowest BCUT2D eigenvalue weighted by molar-refractivity contribution is -0.144. The van der Waals surface area contributed by atoms with Crippen molar-refractivity contribution in [3.05, 3.63) is 63.0 Å². The second-order valence-corrected chi connectivity index (χ2v) is 7.52. The molecule has 0 saturated carbocycles. The summed E-state index contributed by atoms with van der Waals surface area (Å²) in [7, 11) is 8.08. The van der Waals surface area contributed by atoms with Crippen LogP contribution >= 0.6 is 24.4 Å². The summed E-state index contributed by atoms with van der Waals surface area (Å²) >= 11 is 9.84. The van der Waals surface area contributed by atoms with E-state index in [-0.39, 0.29) is 39.1 Å². The summed E-state index contributed by atoms with van der Waals surface area (Å²) in [6.07, 6.45) is -4.85. The molecule has 2 heterocycles. The van der Waals surface area contributed by atoms with Gasteiger partial charge in [0.25, 0.3) is 0 Å². The number of pyridine rings is 1.